The molecule has 0 spiro atoms. The maximum absolute atomic E-state index is 4.28. The molecule has 8 aromatic carbocycles. The van der Waals surface area contributed by atoms with Gasteiger partial charge in [0.25, 0.3) is 0 Å². The van der Waals surface area contributed by atoms with Gasteiger partial charge in [-0.25, -0.2) is 0 Å². The van der Waals surface area contributed by atoms with E-state index in [-0.39, 0.29) is 0 Å². The lowest BCUT2D eigenvalue weighted by molar-refractivity contribution is -0.665. The van der Waals surface area contributed by atoms with Crippen LogP contribution < -0.4 is 18.3 Å². The van der Waals surface area contributed by atoms with Gasteiger partial charge in [-0.15, -0.1) is 0 Å². The van der Waals surface area contributed by atoms with E-state index in [0.29, 0.717) is 11.8 Å². The molecule has 0 unspecified atom stereocenters. The summed E-state index contributed by atoms with van der Waals surface area (Å²) in [6.07, 6.45) is 18.1. The van der Waals surface area contributed by atoms with E-state index in [4.69, 9.17) is 0 Å². The van der Waals surface area contributed by atoms with Gasteiger partial charge >= 0.3 is 0 Å². The molecule has 0 radical (unpaired) electrons. The molecule has 0 bridgehead atoms. The van der Waals surface area contributed by atoms with Gasteiger partial charge < -0.3 is 0 Å². The van der Waals surface area contributed by atoms with E-state index in [1.54, 1.807) is 0 Å². The van der Waals surface area contributed by atoms with Crippen LogP contribution in [0, 0.1) is 62.3 Å². The maximum atomic E-state index is 4.28. The number of hydrogen-bond donors (Lipinski definition) is 0. The summed E-state index contributed by atoms with van der Waals surface area (Å²) in [6.45, 7) is 35.6. The van der Waals surface area contributed by atoms with Gasteiger partial charge in [0, 0.05) is 135 Å². The summed E-state index contributed by atoms with van der Waals surface area (Å²) in [5, 5.41) is 10.2. The summed E-state index contributed by atoms with van der Waals surface area (Å²) in [5.41, 5.74) is 38.6. The molecular formula is C105H110N8+4. The first-order valence-electron chi connectivity index (χ1n) is 40.2. The van der Waals surface area contributed by atoms with Gasteiger partial charge in [-0.2, -0.15) is 18.3 Å². The Morgan fingerprint density at radius 2 is 0.602 bits per heavy atom. The average molecular weight is 1480 g/mol. The van der Waals surface area contributed by atoms with Crippen molar-refractivity contribution in [3.63, 3.8) is 0 Å². The zero-order chi connectivity index (χ0) is 80.1. The fraction of sp³-hybridized carbons (Fsp3) is 0.238. The number of nitrogens with zero attached hydrogens (tertiary/aromatic N) is 8. The molecule has 0 amide bonds. The van der Waals surface area contributed by atoms with Crippen LogP contribution in [0.1, 0.15) is 139 Å². The lowest BCUT2D eigenvalue weighted by Crippen LogP contribution is -2.35. The van der Waals surface area contributed by atoms with E-state index in [1.165, 1.54) is 189 Å². The second-order valence-corrected chi connectivity index (χ2v) is 31.5. The Hall–Kier alpha value is -12.0. The molecule has 16 aromatic rings. The van der Waals surface area contributed by atoms with Crippen molar-refractivity contribution in [2.75, 3.05) is 0 Å². The van der Waals surface area contributed by atoms with Crippen LogP contribution in [0.2, 0.25) is 0 Å². The van der Waals surface area contributed by atoms with Crippen molar-refractivity contribution in [2.45, 2.75) is 142 Å². The van der Waals surface area contributed by atoms with Gasteiger partial charge in [0.1, 0.15) is 28.2 Å². The third-order valence-corrected chi connectivity index (χ3v) is 23.5. The first-order valence-corrected chi connectivity index (χ1v) is 40.2. The molecular weight excluding hydrogens is 1370 g/mol. The number of pyridine rings is 8. The number of benzene rings is 8. The minimum Gasteiger partial charge on any atom is -0.264 e. The van der Waals surface area contributed by atoms with Gasteiger partial charge in [0.05, 0.1) is 32.7 Å². The topological polar surface area (TPSA) is 67.1 Å². The Morgan fingerprint density at radius 3 is 0.938 bits per heavy atom. The Bertz CT molecular complexity index is 6070. The lowest BCUT2D eigenvalue weighted by atomic mass is 9.90. The van der Waals surface area contributed by atoms with Crippen LogP contribution in [0.4, 0.5) is 0 Å². The molecule has 8 heterocycles. The van der Waals surface area contributed by atoms with Gasteiger partial charge in [-0.05, 0) is 262 Å². The molecule has 0 N–H and O–H groups in total. The summed E-state index contributed by atoms with van der Waals surface area (Å²) >= 11 is 0. The summed E-state index contributed by atoms with van der Waals surface area (Å²) < 4.78 is 9.30. The van der Waals surface area contributed by atoms with Gasteiger partial charge in [-0.1, -0.05) is 133 Å². The summed E-state index contributed by atoms with van der Waals surface area (Å²) in [7, 11) is 8.69. The van der Waals surface area contributed by atoms with Crippen LogP contribution in [0.15, 0.2) is 256 Å². The van der Waals surface area contributed by atoms with Crippen LogP contribution in [0.5, 0.6) is 0 Å². The lowest BCUT2D eigenvalue weighted by Gasteiger charge is -2.16. The standard InChI is InChI=1S/2C27H29N2.C26H27N2.C25H25N2/c1-17(2)23-12-18(3)20(5)26(15-23)27-25-10-9-21(22-8-7-11-28-16-22)14-24(25)13-19(4)29(27)6;1-6-20-14-21(7-2)19(4)26(15-20)27-25-11-10-22(23-9-8-12-28-17-23)16-24(25)13-18(3)29(27)5;1-17(2)20-9-8-18(3)25(15-20)26-24-11-10-21(22-7-6-12-27-16-22)14-23(24)13-19(4)28(26)5;1-5-19-9-8-17(2)24(14-19)25-23-11-10-20(21-7-6-12-26-16-21)15-22(23)13-18(3)27(25)4/h7-17H,1-6H3;8-17H,6-7H2,1-5H3;6-17H,1-5H3;6-16H,5H2,1-4H3/q4*+1. The van der Waals surface area contributed by atoms with Crippen LogP contribution in [-0.4, -0.2) is 19.9 Å². The number of rotatable bonds is 13. The van der Waals surface area contributed by atoms with E-state index >= 15 is 0 Å². The van der Waals surface area contributed by atoms with E-state index in [9.17, 15) is 0 Å². The molecule has 566 valence electrons. The molecule has 0 atom stereocenters. The fourth-order valence-corrected chi connectivity index (χ4v) is 16.0. The fourth-order valence-electron chi connectivity index (χ4n) is 16.0. The summed E-state index contributed by atoms with van der Waals surface area (Å²) in [4.78, 5) is 17.1. The SMILES string of the molecule is CCc1cc(CC)c(C)c(-c2c3ccc(-c4cccnc4)cc3cc(C)[n+]2C)c1.CCc1ccc(C)c(-c2c3ccc(-c4cccnc4)cc3cc(C)[n+]2C)c1.Cc1cc(C(C)C)cc(-c2c3ccc(-c4cccnc4)cc3cc(C)[n+]2C)c1C.Cc1ccc(C(C)C)cc1-c1c2ccc(-c3cccnc3)cc2cc(C)[n+]1C. The molecule has 0 saturated carbocycles. The molecule has 0 aliphatic rings. The second kappa shape index (κ2) is 34.3. The Balaban J connectivity index is 0.000000132. The number of aromatic nitrogens is 8. The van der Waals surface area contributed by atoms with Crippen molar-refractivity contribution in [3.8, 4) is 89.5 Å². The van der Waals surface area contributed by atoms with E-state index in [0.717, 1.165) is 41.5 Å². The minimum atomic E-state index is 0.506. The quantitative estimate of drug-likeness (QED) is 0.108. The Kier molecular flexibility index (Phi) is 24.0. The Labute approximate surface area is 671 Å². The highest BCUT2D eigenvalue weighted by atomic mass is 15.0. The van der Waals surface area contributed by atoms with Crippen molar-refractivity contribution in [1.29, 1.82) is 0 Å². The first kappa shape index (κ1) is 79.1. The first-order chi connectivity index (χ1) is 54.4. The monoisotopic (exact) mass is 1480 g/mol. The Morgan fingerprint density at radius 1 is 0.274 bits per heavy atom. The third-order valence-electron chi connectivity index (χ3n) is 23.5. The van der Waals surface area contributed by atoms with Crippen LogP contribution in [0.3, 0.4) is 0 Å². The maximum Gasteiger partial charge on any atom is 0.220 e. The normalized spacial score (nSPS) is 11.3. The molecule has 8 nitrogen and oxygen atoms in total. The van der Waals surface area contributed by atoms with Crippen molar-refractivity contribution in [1.82, 2.24) is 19.9 Å². The van der Waals surface area contributed by atoms with Crippen molar-refractivity contribution < 1.29 is 18.3 Å². The molecule has 8 aromatic heterocycles. The van der Waals surface area contributed by atoms with Gasteiger partial charge in [0.2, 0.25) is 22.8 Å². The highest BCUT2D eigenvalue weighted by Gasteiger charge is 2.27. The highest BCUT2D eigenvalue weighted by molar-refractivity contribution is 6.00. The van der Waals surface area contributed by atoms with Crippen LogP contribution in [-0.2, 0) is 47.5 Å². The molecule has 0 aliphatic heterocycles. The zero-order valence-electron chi connectivity index (χ0n) is 70.1. The van der Waals surface area contributed by atoms with Crippen molar-refractivity contribution >= 4 is 43.1 Å². The molecule has 8 heteroatoms. The van der Waals surface area contributed by atoms with E-state index < -0.39 is 0 Å². The summed E-state index contributed by atoms with van der Waals surface area (Å²) in [6, 6.07) is 75.8. The number of hydrogen-bond acceptors (Lipinski definition) is 4. The number of aryl methyl sites for hydroxylation is 10. The third kappa shape index (κ3) is 16.7. The largest absolute Gasteiger partial charge is 0.264 e. The number of fused-ring (bicyclic) bond motifs is 4. The predicted octanol–water partition coefficient (Wildman–Crippen LogP) is 24.3. The van der Waals surface area contributed by atoms with E-state index in [1.807, 2.05) is 73.8 Å². The molecule has 0 saturated heterocycles. The average Bonchev–Trinajstić information content (AvgIpc) is 0.782. The second-order valence-electron chi connectivity index (χ2n) is 31.5. The van der Waals surface area contributed by atoms with Crippen molar-refractivity contribution in [3.05, 3.63) is 334 Å². The van der Waals surface area contributed by atoms with Gasteiger partial charge in [0.15, 0.2) is 22.8 Å². The van der Waals surface area contributed by atoms with Gasteiger partial charge in [-0.3, -0.25) is 19.9 Å². The van der Waals surface area contributed by atoms with Crippen molar-refractivity contribution in [2.24, 2.45) is 28.2 Å². The van der Waals surface area contributed by atoms with Crippen LogP contribution >= 0.6 is 0 Å². The smallest absolute Gasteiger partial charge is 0.220 e. The van der Waals surface area contributed by atoms with Crippen LogP contribution in [0.25, 0.3) is 133 Å². The molecule has 16 rings (SSSR count). The highest BCUT2D eigenvalue weighted by Crippen LogP contribution is 2.40. The molecule has 113 heavy (non-hydrogen) atoms. The zero-order valence-corrected chi connectivity index (χ0v) is 70.1. The molecule has 0 fully saturated rings. The summed E-state index contributed by atoms with van der Waals surface area (Å²) in [5.74, 6) is 1.02. The molecule has 0 aliphatic carbocycles. The van der Waals surface area contributed by atoms with E-state index in [2.05, 4.69) is 359 Å². The predicted molar refractivity (Wildman–Crippen MR) is 474 cm³/mol. The minimum absolute atomic E-state index is 0.506.